The van der Waals surface area contributed by atoms with Gasteiger partial charge in [0, 0.05) is 18.4 Å². The minimum absolute atomic E-state index is 0.119. The van der Waals surface area contributed by atoms with Crippen molar-refractivity contribution in [1.29, 1.82) is 0 Å². The summed E-state index contributed by atoms with van der Waals surface area (Å²) in [6, 6.07) is 1.87. The lowest BCUT2D eigenvalue weighted by Crippen LogP contribution is -2.34. The molecule has 0 spiro atoms. The highest BCUT2D eigenvalue weighted by atomic mass is 16.3. The average molecular weight is 221 g/mol. The van der Waals surface area contributed by atoms with Gasteiger partial charge in [0.2, 0.25) is 0 Å². The van der Waals surface area contributed by atoms with E-state index in [9.17, 15) is 4.79 Å². The van der Waals surface area contributed by atoms with E-state index >= 15 is 0 Å². The fourth-order valence-corrected chi connectivity index (χ4v) is 2.58. The molecule has 88 valence electrons. The quantitative estimate of drug-likeness (QED) is 0.828. The Morgan fingerprint density at radius 2 is 2.50 bits per heavy atom. The lowest BCUT2D eigenvalue weighted by atomic mass is 9.76. The number of furan rings is 1. The van der Waals surface area contributed by atoms with Gasteiger partial charge in [-0.15, -0.1) is 0 Å². The molecule has 1 aliphatic heterocycles. The first-order chi connectivity index (χ1) is 7.77. The molecule has 0 aromatic carbocycles. The van der Waals surface area contributed by atoms with E-state index in [1.54, 1.807) is 12.5 Å². The van der Waals surface area contributed by atoms with Gasteiger partial charge in [0.15, 0.2) is 0 Å². The number of carbonyl (C=O) groups is 1. The van der Waals surface area contributed by atoms with Crippen LogP contribution in [-0.4, -0.2) is 18.9 Å². The van der Waals surface area contributed by atoms with Gasteiger partial charge in [0.1, 0.15) is 5.78 Å². The number of Topliss-reactive ketones (excluding diaryl/α,β-unsaturated/α-hetero) is 1. The molecular formula is C13H19NO2. The molecule has 1 fully saturated rings. The topological polar surface area (TPSA) is 42.2 Å². The van der Waals surface area contributed by atoms with E-state index in [4.69, 9.17) is 4.42 Å². The maximum atomic E-state index is 12.3. The SMILES string of the molecule is CCCC1(C(=O)Cc2ccoc2)CCNC1. The molecule has 1 unspecified atom stereocenters. The van der Waals surface area contributed by atoms with Crippen molar-refractivity contribution in [2.75, 3.05) is 13.1 Å². The second kappa shape index (κ2) is 4.83. The normalized spacial score (nSPS) is 24.8. The highest BCUT2D eigenvalue weighted by Gasteiger charge is 2.39. The van der Waals surface area contributed by atoms with Crippen molar-refractivity contribution in [3.63, 3.8) is 0 Å². The monoisotopic (exact) mass is 221 g/mol. The van der Waals surface area contributed by atoms with Crippen LogP contribution in [0.1, 0.15) is 31.7 Å². The summed E-state index contributed by atoms with van der Waals surface area (Å²) in [7, 11) is 0. The van der Waals surface area contributed by atoms with Gasteiger partial charge in [0.25, 0.3) is 0 Å². The van der Waals surface area contributed by atoms with Crippen LogP contribution in [0.2, 0.25) is 0 Å². The van der Waals surface area contributed by atoms with E-state index < -0.39 is 0 Å². The number of nitrogens with one attached hydrogen (secondary N) is 1. The molecule has 3 nitrogen and oxygen atoms in total. The third-order valence-corrected chi connectivity index (χ3v) is 3.51. The molecule has 0 bridgehead atoms. The molecular weight excluding hydrogens is 202 g/mol. The molecule has 1 aromatic rings. The molecule has 1 aliphatic rings. The second-order valence-electron chi connectivity index (χ2n) is 4.69. The predicted molar refractivity (Wildman–Crippen MR) is 62.2 cm³/mol. The van der Waals surface area contributed by atoms with Gasteiger partial charge < -0.3 is 9.73 Å². The van der Waals surface area contributed by atoms with Crippen molar-refractivity contribution in [2.45, 2.75) is 32.6 Å². The van der Waals surface area contributed by atoms with Crippen LogP contribution >= 0.6 is 0 Å². The number of hydrogen-bond acceptors (Lipinski definition) is 3. The predicted octanol–water partition coefficient (Wildman–Crippen LogP) is 2.17. The summed E-state index contributed by atoms with van der Waals surface area (Å²) in [4.78, 5) is 12.3. The molecule has 0 radical (unpaired) electrons. The zero-order valence-electron chi connectivity index (χ0n) is 9.79. The first-order valence-electron chi connectivity index (χ1n) is 6.02. The summed E-state index contributed by atoms with van der Waals surface area (Å²) in [6.07, 6.45) is 6.85. The largest absolute Gasteiger partial charge is 0.472 e. The van der Waals surface area contributed by atoms with Gasteiger partial charge in [0.05, 0.1) is 12.5 Å². The number of rotatable bonds is 5. The van der Waals surface area contributed by atoms with Crippen LogP contribution in [0.3, 0.4) is 0 Å². The number of hydrogen-bond donors (Lipinski definition) is 1. The fourth-order valence-electron chi connectivity index (χ4n) is 2.58. The Morgan fingerprint density at radius 1 is 1.62 bits per heavy atom. The standard InChI is InChI=1S/C13H19NO2/c1-2-4-13(5-6-14-10-13)12(15)8-11-3-7-16-9-11/h3,7,9,14H,2,4-6,8,10H2,1H3. The Labute approximate surface area is 96.2 Å². The molecule has 1 saturated heterocycles. The summed E-state index contributed by atoms with van der Waals surface area (Å²) in [5.74, 6) is 0.362. The molecule has 1 atom stereocenters. The average Bonchev–Trinajstić information content (AvgIpc) is 2.89. The Bertz CT molecular complexity index is 337. The van der Waals surface area contributed by atoms with Crippen LogP contribution < -0.4 is 5.32 Å². The first-order valence-corrected chi connectivity index (χ1v) is 6.02. The summed E-state index contributed by atoms with van der Waals surface area (Å²) >= 11 is 0. The lowest BCUT2D eigenvalue weighted by Gasteiger charge is -2.25. The van der Waals surface area contributed by atoms with Gasteiger partial charge in [-0.25, -0.2) is 0 Å². The zero-order chi connectivity index (χ0) is 11.4. The first kappa shape index (κ1) is 11.4. The van der Waals surface area contributed by atoms with Crippen LogP contribution in [0.15, 0.2) is 23.0 Å². The van der Waals surface area contributed by atoms with E-state index in [2.05, 4.69) is 12.2 Å². The minimum atomic E-state index is -0.119. The molecule has 2 rings (SSSR count). The zero-order valence-corrected chi connectivity index (χ0v) is 9.79. The van der Waals surface area contributed by atoms with Crippen molar-refractivity contribution >= 4 is 5.78 Å². The Kier molecular flexibility index (Phi) is 3.44. The summed E-state index contributed by atoms with van der Waals surface area (Å²) < 4.78 is 5.00. The van der Waals surface area contributed by atoms with Gasteiger partial charge in [-0.3, -0.25) is 4.79 Å². The van der Waals surface area contributed by atoms with E-state index in [1.165, 1.54) is 0 Å². The van der Waals surface area contributed by atoms with Crippen LogP contribution in [-0.2, 0) is 11.2 Å². The Morgan fingerprint density at radius 3 is 3.06 bits per heavy atom. The minimum Gasteiger partial charge on any atom is -0.472 e. The maximum Gasteiger partial charge on any atom is 0.144 e. The van der Waals surface area contributed by atoms with Gasteiger partial charge in [-0.1, -0.05) is 13.3 Å². The van der Waals surface area contributed by atoms with Crippen molar-refractivity contribution in [1.82, 2.24) is 5.32 Å². The van der Waals surface area contributed by atoms with Crippen LogP contribution in [0.4, 0.5) is 0 Å². The second-order valence-corrected chi connectivity index (χ2v) is 4.69. The van der Waals surface area contributed by atoms with E-state index in [-0.39, 0.29) is 5.41 Å². The Balaban J connectivity index is 2.05. The lowest BCUT2D eigenvalue weighted by molar-refractivity contribution is -0.127. The van der Waals surface area contributed by atoms with Gasteiger partial charge in [-0.2, -0.15) is 0 Å². The summed E-state index contributed by atoms with van der Waals surface area (Å²) in [5, 5.41) is 3.31. The molecule has 3 heteroatoms. The molecule has 16 heavy (non-hydrogen) atoms. The van der Waals surface area contributed by atoms with Crippen LogP contribution in [0, 0.1) is 5.41 Å². The van der Waals surface area contributed by atoms with Crippen LogP contribution in [0.25, 0.3) is 0 Å². The third kappa shape index (κ3) is 2.19. The van der Waals surface area contributed by atoms with Gasteiger partial charge in [-0.05, 0) is 31.0 Å². The molecule has 0 amide bonds. The Hall–Kier alpha value is -1.09. The molecule has 1 aromatic heterocycles. The van der Waals surface area contributed by atoms with Crippen molar-refractivity contribution in [2.24, 2.45) is 5.41 Å². The van der Waals surface area contributed by atoms with E-state index in [0.717, 1.165) is 37.9 Å². The molecule has 2 heterocycles. The van der Waals surface area contributed by atoms with Crippen molar-refractivity contribution in [3.8, 4) is 0 Å². The summed E-state index contributed by atoms with van der Waals surface area (Å²) in [6.45, 7) is 3.96. The number of ketones is 1. The highest BCUT2D eigenvalue weighted by molar-refractivity contribution is 5.87. The molecule has 1 N–H and O–H groups in total. The van der Waals surface area contributed by atoms with Crippen molar-refractivity contribution in [3.05, 3.63) is 24.2 Å². The van der Waals surface area contributed by atoms with Crippen LogP contribution in [0.5, 0.6) is 0 Å². The third-order valence-electron chi connectivity index (χ3n) is 3.51. The van der Waals surface area contributed by atoms with E-state index in [0.29, 0.717) is 12.2 Å². The molecule has 0 aliphatic carbocycles. The summed E-state index contributed by atoms with van der Waals surface area (Å²) in [5.41, 5.74) is 0.874. The number of carbonyl (C=O) groups excluding carboxylic acids is 1. The molecule has 0 saturated carbocycles. The maximum absolute atomic E-state index is 12.3. The fraction of sp³-hybridized carbons (Fsp3) is 0.615. The van der Waals surface area contributed by atoms with Crippen molar-refractivity contribution < 1.29 is 9.21 Å². The smallest absolute Gasteiger partial charge is 0.144 e. The van der Waals surface area contributed by atoms with E-state index in [1.807, 2.05) is 6.07 Å². The highest BCUT2D eigenvalue weighted by Crippen LogP contribution is 2.33. The van der Waals surface area contributed by atoms with Gasteiger partial charge >= 0.3 is 0 Å².